The fourth-order valence-electron chi connectivity index (χ4n) is 1.99. The van der Waals surface area contributed by atoms with Crippen LogP contribution >= 0.6 is 0 Å². The van der Waals surface area contributed by atoms with Gasteiger partial charge in [-0.1, -0.05) is 19.9 Å². The third-order valence-electron chi connectivity index (χ3n) is 3.12. The second-order valence-electron chi connectivity index (χ2n) is 5.57. The molecule has 1 rings (SSSR count). The highest BCUT2D eigenvalue weighted by molar-refractivity contribution is 5.24. The minimum atomic E-state index is -0.494. The van der Waals surface area contributed by atoms with Gasteiger partial charge < -0.3 is 19.9 Å². The fraction of sp³-hybridized carbons (Fsp3) is 0.688. The first-order valence-electron chi connectivity index (χ1n) is 7.58. The van der Waals surface area contributed by atoms with Crippen LogP contribution in [0.1, 0.15) is 32.3 Å². The molecule has 120 valence electrons. The molecular formula is C16H28N2O3. The third-order valence-corrected chi connectivity index (χ3v) is 3.12. The van der Waals surface area contributed by atoms with E-state index in [2.05, 4.69) is 24.1 Å². The number of hydrogen-bond donors (Lipinski definition) is 2. The van der Waals surface area contributed by atoms with Gasteiger partial charge in [-0.25, -0.2) is 4.98 Å². The summed E-state index contributed by atoms with van der Waals surface area (Å²) in [7, 11) is 1.60. The molecule has 21 heavy (non-hydrogen) atoms. The monoisotopic (exact) mass is 296 g/mol. The van der Waals surface area contributed by atoms with Crippen LogP contribution in [0, 0.1) is 5.92 Å². The van der Waals surface area contributed by atoms with E-state index in [9.17, 15) is 5.11 Å². The summed E-state index contributed by atoms with van der Waals surface area (Å²) >= 11 is 0. The molecule has 0 aliphatic heterocycles. The predicted octanol–water partition coefficient (Wildman–Crippen LogP) is 1.99. The van der Waals surface area contributed by atoms with E-state index in [1.54, 1.807) is 13.3 Å². The first-order chi connectivity index (χ1) is 10.1. The van der Waals surface area contributed by atoms with Crippen LogP contribution in [0.2, 0.25) is 0 Å². The minimum absolute atomic E-state index is 0.370. The Hall–Kier alpha value is -1.17. The first kappa shape index (κ1) is 17.9. The van der Waals surface area contributed by atoms with E-state index in [1.165, 1.54) is 0 Å². The van der Waals surface area contributed by atoms with Gasteiger partial charge in [0.2, 0.25) is 5.88 Å². The molecule has 0 bridgehead atoms. The number of pyridine rings is 1. The average Bonchev–Trinajstić information content (AvgIpc) is 2.47. The zero-order chi connectivity index (χ0) is 15.5. The number of nitrogens with zero attached hydrogens (tertiary/aromatic N) is 1. The largest absolute Gasteiger partial charge is 0.481 e. The van der Waals surface area contributed by atoms with Gasteiger partial charge in [0.25, 0.3) is 0 Å². The lowest BCUT2D eigenvalue weighted by Crippen LogP contribution is -2.30. The lowest BCUT2D eigenvalue weighted by Gasteiger charge is -2.13. The predicted molar refractivity (Wildman–Crippen MR) is 83.4 cm³/mol. The average molecular weight is 296 g/mol. The normalized spacial score (nSPS) is 12.6. The van der Waals surface area contributed by atoms with Crippen LogP contribution in [-0.2, 0) is 11.3 Å². The standard InChI is InChI=1S/C16H28N2O3/c1-13(2)6-5-9-21-12-15(19)11-17-10-14-7-4-8-18-16(14)20-3/h4,7-8,13,15,17,19H,5-6,9-12H2,1-3H3. The highest BCUT2D eigenvalue weighted by Crippen LogP contribution is 2.12. The van der Waals surface area contributed by atoms with Crippen molar-refractivity contribution in [1.29, 1.82) is 0 Å². The van der Waals surface area contributed by atoms with Gasteiger partial charge in [0.1, 0.15) is 0 Å². The maximum Gasteiger partial charge on any atom is 0.217 e. The van der Waals surface area contributed by atoms with Crippen LogP contribution < -0.4 is 10.1 Å². The molecule has 0 aliphatic carbocycles. The van der Waals surface area contributed by atoms with Crippen molar-refractivity contribution in [1.82, 2.24) is 10.3 Å². The molecule has 0 aromatic carbocycles. The van der Waals surface area contributed by atoms with E-state index in [4.69, 9.17) is 9.47 Å². The summed E-state index contributed by atoms with van der Waals surface area (Å²) in [5.74, 6) is 1.32. The molecule has 0 fully saturated rings. The summed E-state index contributed by atoms with van der Waals surface area (Å²) < 4.78 is 10.6. The summed E-state index contributed by atoms with van der Waals surface area (Å²) in [5, 5.41) is 13.0. The van der Waals surface area contributed by atoms with Gasteiger partial charge in [0.15, 0.2) is 0 Å². The zero-order valence-corrected chi connectivity index (χ0v) is 13.3. The van der Waals surface area contributed by atoms with Gasteiger partial charge in [-0.2, -0.15) is 0 Å². The van der Waals surface area contributed by atoms with Gasteiger partial charge >= 0.3 is 0 Å². The van der Waals surface area contributed by atoms with Crippen molar-refractivity contribution >= 4 is 0 Å². The molecule has 0 saturated heterocycles. The Morgan fingerprint density at radius 3 is 2.90 bits per heavy atom. The fourth-order valence-corrected chi connectivity index (χ4v) is 1.99. The smallest absolute Gasteiger partial charge is 0.217 e. The first-order valence-corrected chi connectivity index (χ1v) is 7.58. The highest BCUT2D eigenvalue weighted by atomic mass is 16.5. The Bertz CT molecular complexity index is 386. The molecule has 0 spiro atoms. The Morgan fingerprint density at radius 1 is 1.38 bits per heavy atom. The van der Waals surface area contributed by atoms with Gasteiger partial charge in [-0.3, -0.25) is 0 Å². The lowest BCUT2D eigenvalue weighted by molar-refractivity contribution is 0.0346. The van der Waals surface area contributed by atoms with Crippen molar-refractivity contribution in [3.05, 3.63) is 23.9 Å². The topological polar surface area (TPSA) is 63.6 Å². The van der Waals surface area contributed by atoms with Crippen molar-refractivity contribution in [2.24, 2.45) is 5.92 Å². The summed E-state index contributed by atoms with van der Waals surface area (Å²) in [6.07, 6.45) is 3.41. The van der Waals surface area contributed by atoms with Crippen molar-refractivity contribution in [2.75, 3.05) is 26.9 Å². The molecule has 0 saturated carbocycles. The number of rotatable bonds is 11. The molecule has 1 aromatic rings. The molecule has 1 heterocycles. The van der Waals surface area contributed by atoms with Gasteiger partial charge in [0.05, 0.1) is 19.8 Å². The van der Waals surface area contributed by atoms with E-state index in [1.807, 2.05) is 12.1 Å². The summed E-state index contributed by atoms with van der Waals surface area (Å²) in [6, 6.07) is 3.82. The van der Waals surface area contributed by atoms with Crippen LogP contribution in [0.15, 0.2) is 18.3 Å². The number of nitrogens with one attached hydrogen (secondary N) is 1. The zero-order valence-electron chi connectivity index (χ0n) is 13.3. The quantitative estimate of drug-likeness (QED) is 0.612. The minimum Gasteiger partial charge on any atom is -0.481 e. The molecular weight excluding hydrogens is 268 g/mol. The van der Waals surface area contributed by atoms with Crippen molar-refractivity contribution < 1.29 is 14.6 Å². The van der Waals surface area contributed by atoms with Gasteiger partial charge in [0, 0.05) is 31.5 Å². The Balaban J connectivity index is 2.11. The molecule has 1 unspecified atom stereocenters. The Morgan fingerprint density at radius 2 is 2.19 bits per heavy atom. The SMILES string of the molecule is COc1ncccc1CNCC(O)COCCCC(C)C. The van der Waals surface area contributed by atoms with E-state index in [-0.39, 0.29) is 0 Å². The molecule has 0 aliphatic rings. The number of hydrogen-bond acceptors (Lipinski definition) is 5. The van der Waals surface area contributed by atoms with E-state index in [0.717, 1.165) is 18.4 Å². The molecule has 0 radical (unpaired) electrons. The highest BCUT2D eigenvalue weighted by Gasteiger charge is 2.06. The summed E-state index contributed by atoms with van der Waals surface area (Å²) in [4.78, 5) is 4.13. The molecule has 5 heteroatoms. The molecule has 1 atom stereocenters. The third kappa shape index (κ3) is 7.99. The molecule has 1 aromatic heterocycles. The lowest BCUT2D eigenvalue weighted by atomic mass is 10.1. The van der Waals surface area contributed by atoms with Crippen molar-refractivity contribution in [3.8, 4) is 5.88 Å². The van der Waals surface area contributed by atoms with Crippen LogP contribution in [-0.4, -0.2) is 43.1 Å². The van der Waals surface area contributed by atoms with E-state index < -0.39 is 6.10 Å². The summed E-state index contributed by atoms with van der Waals surface area (Å²) in [5.41, 5.74) is 0.977. The summed E-state index contributed by atoms with van der Waals surface area (Å²) in [6.45, 7) is 6.58. The maximum atomic E-state index is 9.83. The number of ether oxygens (including phenoxy) is 2. The van der Waals surface area contributed by atoms with Crippen LogP contribution in [0.25, 0.3) is 0 Å². The Labute approximate surface area is 127 Å². The number of aromatic nitrogens is 1. The van der Waals surface area contributed by atoms with Gasteiger partial charge in [-0.15, -0.1) is 0 Å². The Kier molecular flexibility index (Phi) is 8.98. The second-order valence-corrected chi connectivity index (χ2v) is 5.57. The van der Waals surface area contributed by atoms with Crippen LogP contribution in [0.4, 0.5) is 0 Å². The van der Waals surface area contributed by atoms with Crippen molar-refractivity contribution in [2.45, 2.75) is 39.3 Å². The van der Waals surface area contributed by atoms with Crippen molar-refractivity contribution in [3.63, 3.8) is 0 Å². The number of methoxy groups -OCH3 is 1. The molecule has 5 nitrogen and oxygen atoms in total. The maximum absolute atomic E-state index is 9.83. The van der Waals surface area contributed by atoms with Crippen LogP contribution in [0.3, 0.4) is 0 Å². The second kappa shape index (κ2) is 10.5. The van der Waals surface area contributed by atoms with Gasteiger partial charge in [-0.05, 0) is 24.8 Å². The number of aliphatic hydroxyl groups excluding tert-OH is 1. The van der Waals surface area contributed by atoms with E-state index >= 15 is 0 Å². The van der Waals surface area contributed by atoms with E-state index in [0.29, 0.717) is 38.1 Å². The molecule has 0 amide bonds. The van der Waals surface area contributed by atoms with Crippen LogP contribution in [0.5, 0.6) is 5.88 Å². The molecule has 2 N–H and O–H groups in total. The number of aliphatic hydroxyl groups is 1.